The maximum absolute atomic E-state index is 11.6. The van der Waals surface area contributed by atoms with Gasteiger partial charge in [0.1, 0.15) is 6.10 Å². The lowest BCUT2D eigenvalue weighted by Crippen LogP contribution is -2.20. The molecule has 6 heteroatoms. The number of aromatic nitrogens is 1. The number of anilines is 1. The predicted molar refractivity (Wildman–Crippen MR) is 71.9 cm³/mol. The SMILES string of the molecule is CNC(C)c1csc(NC(=O)OC2CCCC2)n1. The van der Waals surface area contributed by atoms with Crippen LogP contribution in [0.5, 0.6) is 0 Å². The van der Waals surface area contributed by atoms with Crippen molar-refractivity contribution in [2.75, 3.05) is 12.4 Å². The van der Waals surface area contributed by atoms with Crippen LogP contribution in [-0.4, -0.2) is 24.2 Å². The summed E-state index contributed by atoms with van der Waals surface area (Å²) >= 11 is 1.42. The van der Waals surface area contributed by atoms with E-state index < -0.39 is 0 Å². The van der Waals surface area contributed by atoms with Gasteiger partial charge >= 0.3 is 6.09 Å². The molecule has 18 heavy (non-hydrogen) atoms. The molecule has 0 saturated heterocycles. The summed E-state index contributed by atoms with van der Waals surface area (Å²) in [6.07, 6.45) is 3.96. The van der Waals surface area contributed by atoms with Crippen molar-refractivity contribution < 1.29 is 9.53 Å². The lowest BCUT2D eigenvalue weighted by atomic mass is 10.3. The van der Waals surface area contributed by atoms with Gasteiger partial charge in [-0.2, -0.15) is 0 Å². The second kappa shape index (κ2) is 6.15. The highest BCUT2D eigenvalue weighted by molar-refractivity contribution is 7.13. The highest BCUT2D eigenvalue weighted by Crippen LogP contribution is 2.23. The maximum Gasteiger partial charge on any atom is 0.413 e. The van der Waals surface area contributed by atoms with Crippen molar-refractivity contribution in [2.45, 2.75) is 44.8 Å². The third-order valence-corrected chi connectivity index (χ3v) is 3.96. The quantitative estimate of drug-likeness (QED) is 0.882. The van der Waals surface area contributed by atoms with E-state index >= 15 is 0 Å². The molecule has 1 fully saturated rings. The normalized spacial score (nSPS) is 17.7. The van der Waals surface area contributed by atoms with E-state index in [0.29, 0.717) is 5.13 Å². The Bertz CT molecular complexity index is 402. The summed E-state index contributed by atoms with van der Waals surface area (Å²) in [7, 11) is 1.88. The Kier molecular flexibility index (Phi) is 4.54. The fourth-order valence-electron chi connectivity index (χ4n) is 1.96. The standard InChI is InChI=1S/C12H19N3O2S/c1-8(13-2)10-7-18-11(14-10)15-12(16)17-9-5-3-4-6-9/h7-9,13H,3-6H2,1-2H3,(H,14,15,16). The molecule has 0 aliphatic heterocycles. The van der Waals surface area contributed by atoms with Crippen molar-refractivity contribution in [3.8, 4) is 0 Å². The topological polar surface area (TPSA) is 63.2 Å². The van der Waals surface area contributed by atoms with Crippen molar-refractivity contribution in [1.29, 1.82) is 0 Å². The smallest absolute Gasteiger partial charge is 0.413 e. The zero-order valence-electron chi connectivity index (χ0n) is 10.7. The highest BCUT2D eigenvalue weighted by atomic mass is 32.1. The summed E-state index contributed by atoms with van der Waals surface area (Å²) in [5.74, 6) is 0. The summed E-state index contributed by atoms with van der Waals surface area (Å²) in [5.41, 5.74) is 0.929. The molecule has 0 aromatic carbocycles. The van der Waals surface area contributed by atoms with E-state index in [1.54, 1.807) is 0 Å². The lowest BCUT2D eigenvalue weighted by Gasteiger charge is -2.10. The molecule has 100 valence electrons. The second-order valence-electron chi connectivity index (χ2n) is 4.52. The van der Waals surface area contributed by atoms with Crippen molar-refractivity contribution in [3.05, 3.63) is 11.1 Å². The number of hydrogen-bond donors (Lipinski definition) is 2. The average molecular weight is 269 g/mol. The molecule has 0 radical (unpaired) electrons. The van der Waals surface area contributed by atoms with Gasteiger partial charge in [0.2, 0.25) is 0 Å². The summed E-state index contributed by atoms with van der Waals surface area (Å²) in [4.78, 5) is 16.0. The number of amides is 1. The molecular formula is C12H19N3O2S. The number of nitrogens with one attached hydrogen (secondary N) is 2. The Morgan fingerprint density at radius 3 is 2.94 bits per heavy atom. The number of hydrogen-bond acceptors (Lipinski definition) is 5. The Hall–Kier alpha value is -1.14. The van der Waals surface area contributed by atoms with Crippen LogP contribution in [0, 0.1) is 0 Å². The minimum Gasteiger partial charge on any atom is -0.446 e. The van der Waals surface area contributed by atoms with Crippen LogP contribution in [-0.2, 0) is 4.74 Å². The van der Waals surface area contributed by atoms with E-state index in [1.165, 1.54) is 11.3 Å². The molecule has 0 spiro atoms. The third-order valence-electron chi connectivity index (χ3n) is 3.18. The molecule has 1 unspecified atom stereocenters. The highest BCUT2D eigenvalue weighted by Gasteiger charge is 2.19. The van der Waals surface area contributed by atoms with Crippen LogP contribution in [0.25, 0.3) is 0 Å². The molecule has 2 rings (SSSR count). The lowest BCUT2D eigenvalue weighted by molar-refractivity contribution is 0.114. The molecule has 0 bridgehead atoms. The van der Waals surface area contributed by atoms with Crippen molar-refractivity contribution in [2.24, 2.45) is 0 Å². The molecule has 1 heterocycles. The first-order valence-electron chi connectivity index (χ1n) is 6.29. The summed E-state index contributed by atoms with van der Waals surface area (Å²) in [6.45, 7) is 2.02. The number of thiazole rings is 1. The molecule has 1 aliphatic rings. The summed E-state index contributed by atoms with van der Waals surface area (Å²) < 4.78 is 5.31. The van der Waals surface area contributed by atoms with E-state index in [9.17, 15) is 4.79 Å². The van der Waals surface area contributed by atoms with E-state index in [4.69, 9.17) is 4.74 Å². The van der Waals surface area contributed by atoms with Gasteiger partial charge in [0.05, 0.1) is 5.69 Å². The first-order chi connectivity index (χ1) is 8.69. The second-order valence-corrected chi connectivity index (χ2v) is 5.38. The molecule has 5 nitrogen and oxygen atoms in total. The van der Waals surface area contributed by atoms with Crippen LogP contribution in [0.2, 0.25) is 0 Å². The monoisotopic (exact) mass is 269 g/mol. The van der Waals surface area contributed by atoms with Crippen LogP contribution in [0.3, 0.4) is 0 Å². The molecular weight excluding hydrogens is 250 g/mol. The van der Waals surface area contributed by atoms with E-state index in [1.807, 2.05) is 19.4 Å². The van der Waals surface area contributed by atoms with Crippen LogP contribution in [0.15, 0.2) is 5.38 Å². The number of carbonyl (C=O) groups is 1. The van der Waals surface area contributed by atoms with Gasteiger partial charge in [0.15, 0.2) is 5.13 Å². The summed E-state index contributed by atoms with van der Waals surface area (Å²) in [6, 6.07) is 0.183. The van der Waals surface area contributed by atoms with Gasteiger partial charge in [0.25, 0.3) is 0 Å². The van der Waals surface area contributed by atoms with E-state index in [0.717, 1.165) is 31.4 Å². The van der Waals surface area contributed by atoms with Gasteiger partial charge in [-0.05, 0) is 39.7 Å². The molecule has 1 atom stereocenters. The van der Waals surface area contributed by atoms with Gasteiger partial charge in [-0.1, -0.05) is 0 Å². The molecule has 1 aromatic rings. The average Bonchev–Trinajstić information content (AvgIpc) is 2.99. The van der Waals surface area contributed by atoms with Crippen molar-refractivity contribution in [1.82, 2.24) is 10.3 Å². The minimum absolute atomic E-state index is 0.0839. The first kappa shape index (κ1) is 13.3. The van der Waals surface area contributed by atoms with Crippen molar-refractivity contribution >= 4 is 22.6 Å². The Morgan fingerprint density at radius 1 is 1.56 bits per heavy atom. The Labute approximate surface area is 111 Å². The van der Waals surface area contributed by atoms with Crippen LogP contribution in [0.4, 0.5) is 9.93 Å². The largest absolute Gasteiger partial charge is 0.446 e. The maximum atomic E-state index is 11.6. The van der Waals surface area contributed by atoms with Gasteiger partial charge in [0, 0.05) is 11.4 Å². The van der Waals surface area contributed by atoms with Gasteiger partial charge in [-0.15, -0.1) is 11.3 Å². The first-order valence-corrected chi connectivity index (χ1v) is 7.17. The fraction of sp³-hybridized carbons (Fsp3) is 0.667. The fourth-order valence-corrected chi connectivity index (χ4v) is 2.75. The van der Waals surface area contributed by atoms with E-state index in [-0.39, 0.29) is 18.2 Å². The number of rotatable bonds is 4. The van der Waals surface area contributed by atoms with Crippen LogP contribution in [0.1, 0.15) is 44.3 Å². The Balaban J connectivity index is 1.84. The molecule has 1 aliphatic carbocycles. The number of nitrogens with zero attached hydrogens (tertiary/aromatic N) is 1. The van der Waals surface area contributed by atoms with Gasteiger partial charge in [-0.3, -0.25) is 5.32 Å². The molecule has 1 saturated carbocycles. The zero-order chi connectivity index (χ0) is 13.0. The van der Waals surface area contributed by atoms with Crippen molar-refractivity contribution in [3.63, 3.8) is 0 Å². The van der Waals surface area contributed by atoms with Gasteiger partial charge < -0.3 is 10.1 Å². The van der Waals surface area contributed by atoms with Crippen LogP contribution >= 0.6 is 11.3 Å². The van der Waals surface area contributed by atoms with Gasteiger partial charge in [-0.25, -0.2) is 9.78 Å². The summed E-state index contributed by atoms with van der Waals surface area (Å²) in [5, 5.41) is 8.32. The number of carbonyl (C=O) groups excluding carboxylic acids is 1. The third kappa shape index (κ3) is 3.43. The molecule has 2 N–H and O–H groups in total. The molecule has 1 amide bonds. The van der Waals surface area contributed by atoms with Crippen LogP contribution < -0.4 is 10.6 Å². The molecule has 1 aromatic heterocycles. The predicted octanol–water partition coefficient (Wildman–Crippen LogP) is 2.91. The minimum atomic E-state index is -0.389. The zero-order valence-corrected chi connectivity index (χ0v) is 11.5. The van der Waals surface area contributed by atoms with E-state index in [2.05, 4.69) is 15.6 Å². The Morgan fingerprint density at radius 2 is 2.28 bits per heavy atom. The number of ether oxygens (including phenoxy) is 1.